The van der Waals surface area contributed by atoms with Gasteiger partial charge >= 0.3 is 0 Å². The van der Waals surface area contributed by atoms with Crippen molar-refractivity contribution in [3.8, 4) is 5.82 Å². The van der Waals surface area contributed by atoms with Gasteiger partial charge in [0.05, 0.1) is 6.42 Å². The monoisotopic (exact) mass is 378 g/mol. The van der Waals surface area contributed by atoms with Crippen molar-refractivity contribution >= 4 is 5.91 Å². The van der Waals surface area contributed by atoms with Crippen LogP contribution in [0.2, 0.25) is 0 Å². The number of pyridine rings is 1. The van der Waals surface area contributed by atoms with Crippen LogP contribution in [-0.4, -0.2) is 38.4 Å². The summed E-state index contributed by atoms with van der Waals surface area (Å²) in [6, 6.07) is 12.2. The maximum absolute atomic E-state index is 13.0. The van der Waals surface area contributed by atoms with Crippen LogP contribution in [0, 0.1) is 12.7 Å². The van der Waals surface area contributed by atoms with Gasteiger partial charge in [-0.1, -0.05) is 18.2 Å². The predicted molar refractivity (Wildman–Crippen MR) is 105 cm³/mol. The molecule has 144 valence electrons. The SMILES string of the molecule is Cc1nccn1-c1cccc(C2CCN(C(=O)Cc3ccc(F)cc3)CC2)n1. The van der Waals surface area contributed by atoms with Crippen LogP contribution in [-0.2, 0) is 11.2 Å². The Kier molecular flexibility index (Phi) is 5.19. The fraction of sp³-hybridized carbons (Fsp3) is 0.318. The molecule has 0 spiro atoms. The highest BCUT2D eigenvalue weighted by Gasteiger charge is 2.25. The Hall–Kier alpha value is -3.02. The van der Waals surface area contributed by atoms with Crippen molar-refractivity contribution < 1.29 is 9.18 Å². The average Bonchev–Trinajstić information content (AvgIpc) is 3.16. The first-order chi connectivity index (χ1) is 13.6. The second kappa shape index (κ2) is 7.92. The molecule has 0 radical (unpaired) electrons. The number of aromatic nitrogens is 3. The molecule has 1 fully saturated rings. The van der Waals surface area contributed by atoms with E-state index in [0.29, 0.717) is 12.3 Å². The van der Waals surface area contributed by atoms with Gasteiger partial charge in [0.1, 0.15) is 17.5 Å². The largest absolute Gasteiger partial charge is 0.342 e. The van der Waals surface area contributed by atoms with Crippen molar-refractivity contribution in [1.82, 2.24) is 19.4 Å². The molecule has 1 saturated heterocycles. The summed E-state index contributed by atoms with van der Waals surface area (Å²) >= 11 is 0. The highest BCUT2D eigenvalue weighted by atomic mass is 19.1. The number of halogens is 1. The van der Waals surface area contributed by atoms with Gasteiger partial charge in [-0.05, 0) is 49.6 Å². The maximum atomic E-state index is 13.0. The normalized spacial score (nSPS) is 15.0. The number of carbonyl (C=O) groups excluding carboxylic acids is 1. The summed E-state index contributed by atoms with van der Waals surface area (Å²) in [6.45, 7) is 3.40. The summed E-state index contributed by atoms with van der Waals surface area (Å²) in [5.74, 6) is 1.95. The average molecular weight is 378 g/mol. The van der Waals surface area contributed by atoms with Crippen LogP contribution in [0.1, 0.15) is 35.8 Å². The van der Waals surface area contributed by atoms with Gasteiger partial charge in [-0.25, -0.2) is 14.4 Å². The molecule has 2 aromatic heterocycles. The molecule has 5 nitrogen and oxygen atoms in total. The molecule has 4 rings (SSSR count). The second-order valence-electron chi connectivity index (χ2n) is 7.22. The van der Waals surface area contributed by atoms with Gasteiger partial charge in [-0.3, -0.25) is 9.36 Å². The summed E-state index contributed by atoms with van der Waals surface area (Å²) in [4.78, 5) is 23.5. The first-order valence-corrected chi connectivity index (χ1v) is 9.59. The highest BCUT2D eigenvalue weighted by molar-refractivity contribution is 5.78. The number of piperidine rings is 1. The third-order valence-corrected chi connectivity index (χ3v) is 5.36. The first-order valence-electron chi connectivity index (χ1n) is 9.59. The first kappa shape index (κ1) is 18.3. The highest BCUT2D eigenvalue weighted by Crippen LogP contribution is 2.27. The number of hydrogen-bond donors (Lipinski definition) is 0. The molecule has 3 aromatic rings. The fourth-order valence-electron chi connectivity index (χ4n) is 3.73. The van der Waals surface area contributed by atoms with E-state index >= 15 is 0 Å². The molecule has 0 N–H and O–H groups in total. The van der Waals surface area contributed by atoms with Gasteiger partial charge in [0.25, 0.3) is 0 Å². The molecule has 0 saturated carbocycles. The number of carbonyl (C=O) groups is 1. The van der Waals surface area contributed by atoms with E-state index < -0.39 is 0 Å². The molecular weight excluding hydrogens is 355 g/mol. The lowest BCUT2D eigenvalue weighted by Crippen LogP contribution is -2.38. The molecule has 0 aliphatic carbocycles. The molecule has 0 bridgehead atoms. The second-order valence-corrected chi connectivity index (χ2v) is 7.22. The zero-order valence-electron chi connectivity index (χ0n) is 15.9. The van der Waals surface area contributed by atoms with Crippen molar-refractivity contribution in [2.75, 3.05) is 13.1 Å². The number of hydrogen-bond acceptors (Lipinski definition) is 3. The van der Waals surface area contributed by atoms with Crippen molar-refractivity contribution in [3.05, 3.63) is 77.8 Å². The topological polar surface area (TPSA) is 51.0 Å². The molecule has 1 aliphatic rings. The summed E-state index contributed by atoms with van der Waals surface area (Å²) < 4.78 is 15.0. The van der Waals surface area contributed by atoms with Crippen LogP contribution in [0.15, 0.2) is 54.9 Å². The number of rotatable bonds is 4. The zero-order valence-corrected chi connectivity index (χ0v) is 15.9. The smallest absolute Gasteiger partial charge is 0.226 e. The Bertz CT molecular complexity index is 959. The minimum Gasteiger partial charge on any atom is -0.342 e. The third kappa shape index (κ3) is 3.96. The van der Waals surface area contributed by atoms with Gasteiger partial charge in [0.15, 0.2) is 0 Å². The van der Waals surface area contributed by atoms with Gasteiger partial charge in [0.2, 0.25) is 5.91 Å². The van der Waals surface area contributed by atoms with E-state index in [1.54, 1.807) is 18.3 Å². The minimum absolute atomic E-state index is 0.0980. The molecule has 6 heteroatoms. The number of nitrogens with zero attached hydrogens (tertiary/aromatic N) is 4. The third-order valence-electron chi connectivity index (χ3n) is 5.36. The molecule has 0 unspecified atom stereocenters. The number of amides is 1. The van der Waals surface area contributed by atoms with E-state index in [4.69, 9.17) is 4.98 Å². The number of likely N-dealkylation sites (tertiary alicyclic amines) is 1. The summed E-state index contributed by atoms with van der Waals surface area (Å²) in [6.07, 6.45) is 5.80. The van der Waals surface area contributed by atoms with Crippen LogP contribution in [0.4, 0.5) is 4.39 Å². The summed E-state index contributed by atoms with van der Waals surface area (Å²) in [7, 11) is 0. The van der Waals surface area contributed by atoms with Crippen LogP contribution >= 0.6 is 0 Å². The van der Waals surface area contributed by atoms with Gasteiger partial charge < -0.3 is 4.90 Å². The molecule has 1 aromatic carbocycles. The van der Waals surface area contributed by atoms with E-state index in [9.17, 15) is 9.18 Å². The van der Waals surface area contributed by atoms with Crippen molar-refractivity contribution in [2.45, 2.75) is 32.1 Å². The number of imidazole rings is 1. The lowest BCUT2D eigenvalue weighted by atomic mass is 9.92. The quantitative estimate of drug-likeness (QED) is 0.696. The molecule has 1 amide bonds. The van der Waals surface area contributed by atoms with Crippen LogP contribution in [0.25, 0.3) is 5.82 Å². The van der Waals surface area contributed by atoms with E-state index in [0.717, 1.165) is 48.8 Å². The van der Waals surface area contributed by atoms with Crippen LogP contribution < -0.4 is 0 Å². The molecule has 28 heavy (non-hydrogen) atoms. The summed E-state index contributed by atoms with van der Waals surface area (Å²) in [5, 5.41) is 0. The van der Waals surface area contributed by atoms with Gasteiger partial charge in [0, 0.05) is 37.1 Å². The van der Waals surface area contributed by atoms with Gasteiger partial charge in [-0.15, -0.1) is 0 Å². The van der Waals surface area contributed by atoms with Crippen LogP contribution in [0.5, 0.6) is 0 Å². The van der Waals surface area contributed by atoms with E-state index in [-0.39, 0.29) is 11.7 Å². The van der Waals surface area contributed by atoms with E-state index in [1.807, 2.05) is 34.7 Å². The zero-order chi connectivity index (χ0) is 19.5. The Morgan fingerprint density at radius 1 is 1.14 bits per heavy atom. The van der Waals surface area contributed by atoms with Crippen LogP contribution in [0.3, 0.4) is 0 Å². The molecular formula is C22H23FN4O. The Labute approximate surface area is 163 Å². The molecule has 3 heterocycles. The number of benzene rings is 1. The van der Waals surface area contributed by atoms with Crippen molar-refractivity contribution in [3.63, 3.8) is 0 Å². The van der Waals surface area contributed by atoms with Crippen molar-refractivity contribution in [1.29, 1.82) is 0 Å². The Morgan fingerprint density at radius 3 is 2.57 bits per heavy atom. The lowest BCUT2D eigenvalue weighted by Gasteiger charge is -2.32. The lowest BCUT2D eigenvalue weighted by molar-refractivity contribution is -0.131. The summed E-state index contributed by atoms with van der Waals surface area (Å²) in [5.41, 5.74) is 1.91. The minimum atomic E-state index is -0.280. The Balaban J connectivity index is 1.38. The predicted octanol–water partition coefficient (Wildman–Crippen LogP) is 3.66. The molecule has 0 atom stereocenters. The van der Waals surface area contributed by atoms with E-state index in [1.165, 1.54) is 12.1 Å². The van der Waals surface area contributed by atoms with E-state index in [2.05, 4.69) is 11.1 Å². The maximum Gasteiger partial charge on any atom is 0.226 e. The number of aryl methyl sites for hydroxylation is 1. The Morgan fingerprint density at radius 2 is 1.89 bits per heavy atom. The fourth-order valence-corrected chi connectivity index (χ4v) is 3.73. The molecule has 1 aliphatic heterocycles. The van der Waals surface area contributed by atoms with Crippen molar-refractivity contribution in [2.24, 2.45) is 0 Å². The van der Waals surface area contributed by atoms with Gasteiger partial charge in [-0.2, -0.15) is 0 Å². The standard InChI is InChI=1S/C22H23FN4O/c1-16-24-11-14-27(16)21-4-2-3-20(25-21)18-9-12-26(13-10-18)22(28)15-17-5-7-19(23)8-6-17/h2-8,11,14,18H,9-10,12-13,15H2,1H3.